The molecule has 0 fully saturated rings. The van der Waals surface area contributed by atoms with Gasteiger partial charge in [-0.2, -0.15) is 13.2 Å². The third kappa shape index (κ3) is 3.76. The van der Waals surface area contributed by atoms with Crippen LogP contribution in [-0.4, -0.2) is 19.8 Å². The molecule has 0 radical (unpaired) electrons. The fraction of sp³-hybridized carbons (Fsp3) is 0.188. The number of rotatable bonds is 4. The second kappa shape index (κ2) is 6.64. The number of nitrogens with one attached hydrogen (secondary N) is 1. The molecule has 0 saturated heterocycles. The maximum absolute atomic E-state index is 12.5. The highest BCUT2D eigenvalue weighted by Gasteiger charge is 2.46. The Bertz CT molecular complexity index is 844. The lowest BCUT2D eigenvalue weighted by molar-refractivity contribution is -0.0436. The molecule has 0 aliphatic rings. The molecular weight excluding hydrogens is 343 g/mol. The summed E-state index contributed by atoms with van der Waals surface area (Å²) in [5, 5.41) is 2.61. The number of sulfone groups is 1. The Morgan fingerprint density at radius 3 is 2.25 bits per heavy atom. The van der Waals surface area contributed by atoms with Crippen LogP contribution in [0.3, 0.4) is 0 Å². The number of hydrogen-bond acceptors (Lipinski definition) is 3. The first kappa shape index (κ1) is 18.0. The van der Waals surface area contributed by atoms with Crippen LogP contribution >= 0.6 is 0 Å². The zero-order chi connectivity index (χ0) is 18.0. The predicted molar refractivity (Wildman–Crippen MR) is 83.5 cm³/mol. The van der Waals surface area contributed by atoms with Crippen LogP contribution < -0.4 is 5.32 Å². The molecule has 2 aromatic rings. The van der Waals surface area contributed by atoms with Crippen molar-refractivity contribution in [2.75, 3.05) is 5.32 Å². The van der Waals surface area contributed by atoms with Crippen molar-refractivity contribution < 1.29 is 26.4 Å². The van der Waals surface area contributed by atoms with Gasteiger partial charge in [0.15, 0.2) is 0 Å². The van der Waals surface area contributed by atoms with Gasteiger partial charge in [-0.05, 0) is 48.4 Å². The molecule has 8 heteroatoms. The van der Waals surface area contributed by atoms with Gasteiger partial charge < -0.3 is 5.32 Å². The maximum Gasteiger partial charge on any atom is 0.501 e. The number of alkyl halides is 3. The molecule has 1 amide bonds. The van der Waals surface area contributed by atoms with Crippen molar-refractivity contribution in [3.05, 3.63) is 59.7 Å². The molecule has 0 bridgehead atoms. The Morgan fingerprint density at radius 2 is 1.71 bits per heavy atom. The molecule has 0 saturated carbocycles. The first-order valence-corrected chi connectivity index (χ1v) is 8.45. The summed E-state index contributed by atoms with van der Waals surface area (Å²) in [5.74, 6) is -0.542. The number of carbonyl (C=O) groups excluding carboxylic acids is 1. The summed E-state index contributed by atoms with van der Waals surface area (Å²) in [5.41, 5.74) is -3.76. The van der Waals surface area contributed by atoms with Gasteiger partial charge in [0.25, 0.3) is 15.7 Å². The Morgan fingerprint density at radius 1 is 1.08 bits per heavy atom. The lowest BCUT2D eigenvalue weighted by atomic mass is 10.1. The second-order valence-corrected chi connectivity index (χ2v) is 6.92. The monoisotopic (exact) mass is 357 g/mol. The number of anilines is 1. The van der Waals surface area contributed by atoms with E-state index in [9.17, 15) is 26.4 Å². The van der Waals surface area contributed by atoms with E-state index in [1.54, 1.807) is 18.2 Å². The third-order valence-corrected chi connectivity index (χ3v) is 4.83. The van der Waals surface area contributed by atoms with Gasteiger partial charge in [0.2, 0.25) is 0 Å². The van der Waals surface area contributed by atoms with Gasteiger partial charge in [0, 0.05) is 11.3 Å². The summed E-state index contributed by atoms with van der Waals surface area (Å²) in [6.45, 7) is 1.96. The summed E-state index contributed by atoms with van der Waals surface area (Å²) in [4.78, 5) is 11.2. The molecular formula is C16H14F3NO3S. The van der Waals surface area contributed by atoms with Crippen LogP contribution in [0.1, 0.15) is 22.8 Å². The number of hydrogen-bond donors (Lipinski definition) is 1. The van der Waals surface area contributed by atoms with E-state index in [1.165, 1.54) is 0 Å². The van der Waals surface area contributed by atoms with Crippen molar-refractivity contribution in [3.63, 3.8) is 0 Å². The average molecular weight is 357 g/mol. The van der Waals surface area contributed by atoms with Gasteiger partial charge in [0.1, 0.15) is 0 Å². The number of halogens is 3. The normalized spacial score (nSPS) is 12.0. The Balaban J connectivity index is 2.20. The number of benzene rings is 2. The number of carbonyl (C=O) groups is 1. The Labute approximate surface area is 137 Å². The molecule has 1 N–H and O–H groups in total. The van der Waals surface area contributed by atoms with Crippen molar-refractivity contribution in [2.24, 2.45) is 0 Å². The minimum absolute atomic E-state index is 0.0537. The highest BCUT2D eigenvalue weighted by Crippen LogP contribution is 2.30. The molecule has 4 nitrogen and oxygen atoms in total. The van der Waals surface area contributed by atoms with Gasteiger partial charge in [-0.25, -0.2) is 8.42 Å². The van der Waals surface area contributed by atoms with Gasteiger partial charge >= 0.3 is 5.51 Å². The van der Waals surface area contributed by atoms with Gasteiger partial charge in [-0.1, -0.05) is 19.1 Å². The highest BCUT2D eigenvalue weighted by molar-refractivity contribution is 7.92. The van der Waals surface area contributed by atoms with Crippen LogP contribution in [0.4, 0.5) is 18.9 Å². The van der Waals surface area contributed by atoms with Crippen molar-refractivity contribution in [3.8, 4) is 0 Å². The van der Waals surface area contributed by atoms with E-state index in [1.807, 2.05) is 13.0 Å². The summed E-state index contributed by atoms with van der Waals surface area (Å²) < 4.78 is 60.0. The van der Waals surface area contributed by atoms with Gasteiger partial charge in [0.05, 0.1) is 4.90 Å². The largest absolute Gasteiger partial charge is 0.501 e. The van der Waals surface area contributed by atoms with E-state index in [2.05, 4.69) is 5.32 Å². The van der Waals surface area contributed by atoms with E-state index in [0.717, 1.165) is 36.2 Å². The number of amides is 1. The second-order valence-electron chi connectivity index (χ2n) is 4.98. The van der Waals surface area contributed by atoms with Gasteiger partial charge in [-0.3, -0.25) is 4.79 Å². The smallest absolute Gasteiger partial charge is 0.322 e. The van der Waals surface area contributed by atoms with Crippen LogP contribution in [0.15, 0.2) is 53.4 Å². The van der Waals surface area contributed by atoms with E-state index in [-0.39, 0.29) is 5.56 Å². The van der Waals surface area contributed by atoms with Gasteiger partial charge in [-0.15, -0.1) is 0 Å². The van der Waals surface area contributed by atoms with Crippen LogP contribution in [0.25, 0.3) is 0 Å². The van der Waals surface area contributed by atoms with E-state index >= 15 is 0 Å². The average Bonchev–Trinajstić information content (AvgIpc) is 2.54. The van der Waals surface area contributed by atoms with Crippen molar-refractivity contribution in [1.29, 1.82) is 0 Å². The predicted octanol–water partition coefficient (Wildman–Crippen LogP) is 3.79. The topological polar surface area (TPSA) is 63.2 Å². The third-order valence-electron chi connectivity index (χ3n) is 3.32. The van der Waals surface area contributed by atoms with Crippen molar-refractivity contribution >= 4 is 21.4 Å². The molecule has 2 rings (SSSR count). The van der Waals surface area contributed by atoms with Crippen LogP contribution in [0, 0.1) is 0 Å². The van der Waals surface area contributed by atoms with Crippen LogP contribution in [-0.2, 0) is 16.3 Å². The maximum atomic E-state index is 12.5. The molecule has 24 heavy (non-hydrogen) atoms. The molecule has 0 spiro atoms. The quantitative estimate of drug-likeness (QED) is 0.905. The molecule has 2 aromatic carbocycles. The van der Waals surface area contributed by atoms with Crippen LogP contribution in [0.5, 0.6) is 0 Å². The SMILES string of the molecule is CCc1cccc(NC(=O)c2ccc(S(=O)(=O)C(F)(F)F)cc2)c1. The Hall–Kier alpha value is -2.35. The fourth-order valence-corrected chi connectivity index (χ4v) is 2.75. The van der Waals surface area contributed by atoms with E-state index in [0.29, 0.717) is 5.69 Å². The summed E-state index contributed by atoms with van der Waals surface area (Å²) in [7, 11) is -5.42. The lowest BCUT2D eigenvalue weighted by Crippen LogP contribution is -2.23. The fourth-order valence-electron chi connectivity index (χ4n) is 1.99. The standard InChI is InChI=1S/C16H14F3NO3S/c1-2-11-4-3-5-13(10-11)20-15(21)12-6-8-14(9-7-12)24(22,23)16(17,18)19/h3-10H,2H2,1H3,(H,20,21). The number of aryl methyl sites for hydroxylation is 1. The summed E-state index contributed by atoms with van der Waals surface area (Å²) in [6, 6.07) is 10.7. The van der Waals surface area contributed by atoms with Crippen LogP contribution in [0.2, 0.25) is 0 Å². The molecule has 0 atom stereocenters. The lowest BCUT2D eigenvalue weighted by Gasteiger charge is -2.09. The summed E-state index contributed by atoms with van der Waals surface area (Å²) >= 11 is 0. The Kier molecular flexibility index (Phi) is 4.98. The molecule has 0 aromatic heterocycles. The zero-order valence-corrected chi connectivity index (χ0v) is 13.4. The van der Waals surface area contributed by atoms with Crippen molar-refractivity contribution in [2.45, 2.75) is 23.7 Å². The molecule has 0 unspecified atom stereocenters. The first-order chi connectivity index (χ1) is 11.1. The molecule has 0 aliphatic heterocycles. The van der Waals surface area contributed by atoms with Crippen molar-refractivity contribution in [1.82, 2.24) is 0 Å². The minimum atomic E-state index is -5.42. The van der Waals surface area contributed by atoms with E-state index < -0.39 is 26.1 Å². The molecule has 128 valence electrons. The first-order valence-electron chi connectivity index (χ1n) is 6.97. The zero-order valence-electron chi connectivity index (χ0n) is 12.6. The minimum Gasteiger partial charge on any atom is -0.322 e. The molecule has 0 aliphatic carbocycles. The van der Waals surface area contributed by atoms with E-state index in [4.69, 9.17) is 0 Å². The summed E-state index contributed by atoms with van der Waals surface area (Å²) in [6.07, 6.45) is 0.785. The highest BCUT2D eigenvalue weighted by atomic mass is 32.2. The molecule has 0 heterocycles.